The first-order valence-electron chi connectivity index (χ1n) is 8.40. The van der Waals surface area contributed by atoms with Crippen molar-refractivity contribution in [3.63, 3.8) is 0 Å². The van der Waals surface area contributed by atoms with Crippen molar-refractivity contribution in [1.29, 1.82) is 0 Å². The second kappa shape index (κ2) is 5.99. The third-order valence-corrected chi connectivity index (χ3v) is 4.65. The third kappa shape index (κ3) is 2.67. The lowest BCUT2D eigenvalue weighted by Crippen LogP contribution is -2.30. The summed E-state index contributed by atoms with van der Waals surface area (Å²) < 4.78 is 0. The molecule has 1 fully saturated rings. The van der Waals surface area contributed by atoms with Gasteiger partial charge in [-0.3, -0.25) is 0 Å². The average molecular weight is 303 g/mol. The lowest BCUT2D eigenvalue weighted by atomic mass is 10.0. The molecule has 4 rings (SSSR count). The van der Waals surface area contributed by atoms with E-state index < -0.39 is 0 Å². The second-order valence-corrected chi connectivity index (χ2v) is 6.33. The molecule has 0 N–H and O–H groups in total. The van der Waals surface area contributed by atoms with Crippen LogP contribution in [-0.2, 0) is 0 Å². The minimum absolute atomic E-state index is 0.973. The lowest BCUT2D eigenvalue weighted by Gasteiger charge is -2.28. The van der Waals surface area contributed by atoms with E-state index in [-0.39, 0.29) is 0 Å². The maximum Gasteiger partial charge on any atom is 0.159 e. The van der Waals surface area contributed by atoms with Gasteiger partial charge in [-0.1, -0.05) is 54.1 Å². The van der Waals surface area contributed by atoms with Crippen LogP contribution in [0.4, 0.5) is 5.82 Å². The Morgan fingerprint density at radius 3 is 2.22 bits per heavy atom. The van der Waals surface area contributed by atoms with Gasteiger partial charge in [0.05, 0.1) is 0 Å². The predicted molar refractivity (Wildman–Crippen MR) is 95.8 cm³/mol. The number of benzene rings is 2. The lowest BCUT2D eigenvalue weighted by molar-refractivity contribution is 0.573. The second-order valence-electron chi connectivity index (χ2n) is 6.33. The van der Waals surface area contributed by atoms with Crippen molar-refractivity contribution in [3.8, 4) is 11.3 Å². The predicted octanol–water partition coefficient (Wildman–Crippen LogP) is 4.60. The Kier molecular flexibility index (Phi) is 3.70. The van der Waals surface area contributed by atoms with E-state index in [9.17, 15) is 0 Å². The van der Waals surface area contributed by atoms with Gasteiger partial charge in [-0.15, -0.1) is 10.2 Å². The summed E-state index contributed by atoms with van der Waals surface area (Å²) in [4.78, 5) is 2.39. The molecule has 23 heavy (non-hydrogen) atoms. The highest BCUT2D eigenvalue weighted by atomic mass is 15.3. The van der Waals surface area contributed by atoms with Crippen LogP contribution >= 0.6 is 0 Å². The van der Waals surface area contributed by atoms with Crippen molar-refractivity contribution in [1.82, 2.24) is 10.2 Å². The van der Waals surface area contributed by atoms with Crippen LogP contribution in [0.5, 0.6) is 0 Å². The zero-order valence-corrected chi connectivity index (χ0v) is 13.5. The molecule has 0 aliphatic carbocycles. The number of aromatic nitrogens is 2. The van der Waals surface area contributed by atoms with Crippen LogP contribution < -0.4 is 4.90 Å². The first-order valence-corrected chi connectivity index (χ1v) is 8.40. The van der Waals surface area contributed by atoms with Crippen LogP contribution in [0.3, 0.4) is 0 Å². The molecule has 1 aliphatic heterocycles. The number of rotatable bonds is 2. The minimum atomic E-state index is 0.973. The number of hydrogen-bond donors (Lipinski definition) is 0. The van der Waals surface area contributed by atoms with Gasteiger partial charge in [-0.2, -0.15) is 0 Å². The molecule has 1 aromatic heterocycles. The normalized spacial score (nSPS) is 15.1. The summed E-state index contributed by atoms with van der Waals surface area (Å²) in [6, 6.07) is 17.0. The van der Waals surface area contributed by atoms with Gasteiger partial charge in [-0.05, 0) is 26.2 Å². The molecule has 0 atom stereocenters. The zero-order chi connectivity index (χ0) is 15.6. The van der Waals surface area contributed by atoms with Crippen molar-refractivity contribution in [2.24, 2.45) is 0 Å². The number of fused-ring (bicyclic) bond motifs is 1. The standard InChI is InChI=1S/C20H21N3/c1-15-9-11-16(12-10-15)19-17-7-3-4-8-18(17)20(22-21-19)23-13-5-2-6-14-23/h3-4,7-12H,2,5-6,13-14H2,1H3. The van der Waals surface area contributed by atoms with Crippen LogP contribution in [0.15, 0.2) is 48.5 Å². The molecule has 2 heterocycles. The molecule has 1 saturated heterocycles. The molecule has 1 aliphatic rings. The van der Waals surface area contributed by atoms with Crippen molar-refractivity contribution in [3.05, 3.63) is 54.1 Å². The Labute approximate surface area is 137 Å². The number of hydrogen-bond acceptors (Lipinski definition) is 3. The number of piperidine rings is 1. The van der Waals surface area contributed by atoms with E-state index in [0.717, 1.165) is 30.2 Å². The molecule has 0 bridgehead atoms. The molecule has 0 saturated carbocycles. The molecular weight excluding hydrogens is 282 g/mol. The largest absolute Gasteiger partial charge is 0.355 e. The summed E-state index contributed by atoms with van der Waals surface area (Å²) in [6.45, 7) is 4.28. The average Bonchev–Trinajstić information content (AvgIpc) is 2.62. The molecule has 0 spiro atoms. The Balaban J connectivity index is 1.86. The summed E-state index contributed by atoms with van der Waals surface area (Å²) >= 11 is 0. The Hall–Kier alpha value is -2.42. The highest BCUT2D eigenvalue weighted by molar-refractivity contribution is 6.00. The molecule has 3 heteroatoms. The van der Waals surface area contributed by atoms with E-state index in [4.69, 9.17) is 0 Å². The van der Waals surface area contributed by atoms with Gasteiger partial charge in [0.25, 0.3) is 0 Å². The smallest absolute Gasteiger partial charge is 0.159 e. The Morgan fingerprint density at radius 1 is 0.783 bits per heavy atom. The van der Waals surface area contributed by atoms with E-state index in [1.165, 1.54) is 35.6 Å². The van der Waals surface area contributed by atoms with E-state index in [2.05, 4.69) is 70.6 Å². The van der Waals surface area contributed by atoms with Crippen LogP contribution in [0.1, 0.15) is 24.8 Å². The van der Waals surface area contributed by atoms with E-state index in [0.29, 0.717) is 0 Å². The van der Waals surface area contributed by atoms with Gasteiger partial charge in [0, 0.05) is 29.4 Å². The summed E-state index contributed by atoms with van der Waals surface area (Å²) in [6.07, 6.45) is 3.81. The molecule has 0 amide bonds. The molecule has 3 aromatic rings. The molecule has 0 radical (unpaired) electrons. The maximum atomic E-state index is 4.61. The number of nitrogens with zero attached hydrogens (tertiary/aromatic N) is 3. The summed E-state index contributed by atoms with van der Waals surface area (Å²) in [5, 5.41) is 11.6. The van der Waals surface area contributed by atoms with Gasteiger partial charge < -0.3 is 4.90 Å². The summed E-state index contributed by atoms with van der Waals surface area (Å²) in [5.41, 5.74) is 3.36. The Bertz CT molecular complexity index is 818. The molecular formula is C20H21N3. The van der Waals surface area contributed by atoms with Gasteiger partial charge in [-0.25, -0.2) is 0 Å². The van der Waals surface area contributed by atoms with E-state index in [1.54, 1.807) is 0 Å². The maximum absolute atomic E-state index is 4.61. The third-order valence-electron chi connectivity index (χ3n) is 4.65. The first-order chi connectivity index (χ1) is 11.3. The van der Waals surface area contributed by atoms with Gasteiger partial charge in [0.2, 0.25) is 0 Å². The van der Waals surface area contributed by atoms with E-state index >= 15 is 0 Å². The molecule has 2 aromatic carbocycles. The van der Waals surface area contributed by atoms with Gasteiger partial charge in [0.15, 0.2) is 5.82 Å². The fraction of sp³-hybridized carbons (Fsp3) is 0.300. The van der Waals surface area contributed by atoms with Crippen LogP contribution in [0.2, 0.25) is 0 Å². The monoisotopic (exact) mass is 303 g/mol. The quantitative estimate of drug-likeness (QED) is 0.693. The topological polar surface area (TPSA) is 29.0 Å². The fourth-order valence-corrected chi connectivity index (χ4v) is 3.35. The Morgan fingerprint density at radius 2 is 1.48 bits per heavy atom. The molecule has 3 nitrogen and oxygen atoms in total. The molecule has 0 unspecified atom stereocenters. The fourth-order valence-electron chi connectivity index (χ4n) is 3.35. The first kappa shape index (κ1) is 14.2. The van der Waals surface area contributed by atoms with Gasteiger partial charge in [0.1, 0.15) is 5.69 Å². The van der Waals surface area contributed by atoms with Gasteiger partial charge >= 0.3 is 0 Å². The van der Waals surface area contributed by atoms with Crippen LogP contribution in [0.25, 0.3) is 22.0 Å². The zero-order valence-electron chi connectivity index (χ0n) is 13.5. The highest BCUT2D eigenvalue weighted by Crippen LogP contribution is 2.32. The molecule has 116 valence electrons. The van der Waals surface area contributed by atoms with Crippen molar-refractivity contribution < 1.29 is 0 Å². The number of anilines is 1. The minimum Gasteiger partial charge on any atom is -0.355 e. The van der Waals surface area contributed by atoms with Crippen LogP contribution in [0, 0.1) is 6.92 Å². The van der Waals surface area contributed by atoms with E-state index in [1.807, 2.05) is 0 Å². The van der Waals surface area contributed by atoms with Crippen molar-refractivity contribution in [2.45, 2.75) is 26.2 Å². The van der Waals surface area contributed by atoms with Crippen molar-refractivity contribution in [2.75, 3.05) is 18.0 Å². The number of aryl methyl sites for hydroxylation is 1. The summed E-state index contributed by atoms with van der Waals surface area (Å²) in [7, 11) is 0. The summed E-state index contributed by atoms with van der Waals surface area (Å²) in [5.74, 6) is 1.04. The highest BCUT2D eigenvalue weighted by Gasteiger charge is 2.17. The van der Waals surface area contributed by atoms with Crippen molar-refractivity contribution >= 4 is 16.6 Å². The SMILES string of the molecule is Cc1ccc(-c2nnc(N3CCCCC3)c3ccccc23)cc1. The van der Waals surface area contributed by atoms with Crippen LogP contribution in [-0.4, -0.2) is 23.3 Å².